The van der Waals surface area contributed by atoms with Crippen LogP contribution < -0.4 is 5.32 Å². The topological polar surface area (TPSA) is 64.4 Å². The summed E-state index contributed by atoms with van der Waals surface area (Å²) in [6.45, 7) is 2.30. The van der Waals surface area contributed by atoms with Crippen molar-refractivity contribution in [3.05, 3.63) is 39.9 Å². The Labute approximate surface area is 99.9 Å². The van der Waals surface area contributed by atoms with E-state index in [-0.39, 0.29) is 10.6 Å². The highest BCUT2D eigenvalue weighted by atomic mass is 16.6. The van der Waals surface area contributed by atoms with Gasteiger partial charge in [0.25, 0.3) is 5.69 Å². The van der Waals surface area contributed by atoms with Crippen LogP contribution in [-0.2, 0) is 11.3 Å². The first kappa shape index (κ1) is 12.0. The van der Waals surface area contributed by atoms with Gasteiger partial charge in [0, 0.05) is 31.8 Å². The molecular formula is C12H16N2O3. The molecule has 0 bridgehead atoms. The molecule has 1 heterocycles. The van der Waals surface area contributed by atoms with E-state index in [1.165, 1.54) is 6.07 Å². The summed E-state index contributed by atoms with van der Waals surface area (Å²) in [4.78, 5) is 10.2. The molecule has 1 atom stereocenters. The maximum atomic E-state index is 10.6. The zero-order valence-corrected chi connectivity index (χ0v) is 9.59. The van der Waals surface area contributed by atoms with Crippen molar-refractivity contribution in [1.82, 2.24) is 5.32 Å². The number of nitrogens with zero attached hydrogens (tertiary/aromatic N) is 1. The van der Waals surface area contributed by atoms with Gasteiger partial charge in [-0.2, -0.15) is 0 Å². The van der Waals surface area contributed by atoms with Gasteiger partial charge in [0.1, 0.15) is 0 Å². The van der Waals surface area contributed by atoms with Crippen molar-refractivity contribution in [2.45, 2.75) is 25.5 Å². The number of benzene rings is 1. The molecule has 1 N–H and O–H groups in total. The Morgan fingerprint density at radius 3 is 3.12 bits per heavy atom. The lowest BCUT2D eigenvalue weighted by Gasteiger charge is -2.10. The number of hydrogen-bond donors (Lipinski definition) is 1. The second-order valence-electron chi connectivity index (χ2n) is 4.19. The molecule has 5 heteroatoms. The molecular weight excluding hydrogens is 220 g/mol. The van der Waals surface area contributed by atoms with Gasteiger partial charge in [0.05, 0.1) is 11.0 Å². The first-order valence-corrected chi connectivity index (χ1v) is 5.81. The van der Waals surface area contributed by atoms with E-state index in [0.717, 1.165) is 31.6 Å². The number of nitro groups is 1. The molecule has 92 valence electrons. The summed E-state index contributed by atoms with van der Waals surface area (Å²) in [7, 11) is 0. The van der Waals surface area contributed by atoms with Gasteiger partial charge in [-0.1, -0.05) is 12.1 Å². The molecule has 0 aliphatic carbocycles. The lowest BCUT2D eigenvalue weighted by molar-refractivity contribution is -0.384. The lowest BCUT2D eigenvalue weighted by Crippen LogP contribution is -2.25. The van der Waals surface area contributed by atoms with Crippen LogP contribution in [0.5, 0.6) is 0 Å². The minimum absolute atomic E-state index is 0.140. The Morgan fingerprint density at radius 1 is 1.53 bits per heavy atom. The first-order chi connectivity index (χ1) is 8.25. The summed E-state index contributed by atoms with van der Waals surface area (Å²) in [5.74, 6) is 0. The smallest absolute Gasteiger partial charge is 0.269 e. The van der Waals surface area contributed by atoms with Crippen LogP contribution in [0.2, 0.25) is 0 Å². The van der Waals surface area contributed by atoms with Crippen LogP contribution in [-0.4, -0.2) is 24.2 Å². The van der Waals surface area contributed by atoms with Crippen molar-refractivity contribution >= 4 is 5.69 Å². The Hall–Kier alpha value is -1.46. The highest BCUT2D eigenvalue weighted by Gasteiger charge is 2.14. The summed E-state index contributed by atoms with van der Waals surface area (Å²) >= 11 is 0. The number of non-ortho nitro benzene ring substituents is 1. The van der Waals surface area contributed by atoms with Crippen LogP contribution in [0.25, 0.3) is 0 Å². The fraction of sp³-hybridized carbons (Fsp3) is 0.500. The molecule has 0 saturated carbocycles. The number of rotatable bonds is 5. The standard InChI is InChI=1S/C12H16N2O3/c15-14(16)11-4-1-3-10(7-11)8-13-9-12-5-2-6-17-12/h1,3-4,7,12-13H,2,5-6,8-9H2/t12-/m0/s1. The van der Waals surface area contributed by atoms with Crippen LogP contribution >= 0.6 is 0 Å². The van der Waals surface area contributed by atoms with Crippen LogP contribution in [0, 0.1) is 10.1 Å². The SMILES string of the molecule is O=[N+]([O-])c1cccc(CNC[C@@H]2CCCO2)c1. The first-order valence-electron chi connectivity index (χ1n) is 5.81. The van der Waals surface area contributed by atoms with Crippen LogP contribution in [0.15, 0.2) is 24.3 Å². The third-order valence-electron chi connectivity index (χ3n) is 2.85. The summed E-state index contributed by atoms with van der Waals surface area (Å²) < 4.78 is 5.48. The van der Waals surface area contributed by atoms with E-state index < -0.39 is 0 Å². The van der Waals surface area contributed by atoms with Gasteiger partial charge in [0.2, 0.25) is 0 Å². The molecule has 1 fully saturated rings. The molecule has 0 unspecified atom stereocenters. The molecule has 0 amide bonds. The number of nitrogens with one attached hydrogen (secondary N) is 1. The molecule has 1 aromatic rings. The van der Waals surface area contributed by atoms with Crippen LogP contribution in [0.1, 0.15) is 18.4 Å². The molecule has 0 radical (unpaired) electrons. The van der Waals surface area contributed by atoms with Gasteiger partial charge < -0.3 is 10.1 Å². The van der Waals surface area contributed by atoms with Crippen molar-refractivity contribution in [1.29, 1.82) is 0 Å². The molecule has 5 nitrogen and oxygen atoms in total. The maximum Gasteiger partial charge on any atom is 0.269 e. The number of hydrogen-bond acceptors (Lipinski definition) is 4. The van der Waals surface area contributed by atoms with E-state index in [1.54, 1.807) is 12.1 Å². The normalized spacial score (nSPS) is 19.4. The predicted molar refractivity (Wildman–Crippen MR) is 63.8 cm³/mol. The number of ether oxygens (including phenoxy) is 1. The maximum absolute atomic E-state index is 10.6. The zero-order chi connectivity index (χ0) is 12.1. The summed E-state index contributed by atoms with van der Waals surface area (Å²) in [5.41, 5.74) is 1.07. The van der Waals surface area contributed by atoms with Gasteiger partial charge in [-0.3, -0.25) is 10.1 Å². The Morgan fingerprint density at radius 2 is 2.41 bits per heavy atom. The molecule has 1 aromatic carbocycles. The van der Waals surface area contributed by atoms with E-state index in [4.69, 9.17) is 4.74 Å². The highest BCUT2D eigenvalue weighted by molar-refractivity contribution is 5.34. The average molecular weight is 236 g/mol. The molecule has 0 spiro atoms. The van der Waals surface area contributed by atoms with Gasteiger partial charge in [-0.25, -0.2) is 0 Å². The molecule has 1 aliphatic rings. The predicted octanol–water partition coefficient (Wildman–Crippen LogP) is 1.86. The van der Waals surface area contributed by atoms with E-state index in [1.807, 2.05) is 6.07 Å². The minimum Gasteiger partial charge on any atom is -0.377 e. The Balaban J connectivity index is 1.81. The van der Waals surface area contributed by atoms with Gasteiger partial charge in [0.15, 0.2) is 0 Å². The van der Waals surface area contributed by atoms with Crippen molar-refractivity contribution in [3.8, 4) is 0 Å². The highest BCUT2D eigenvalue weighted by Crippen LogP contribution is 2.14. The molecule has 1 aliphatic heterocycles. The van der Waals surface area contributed by atoms with Crippen LogP contribution in [0.4, 0.5) is 5.69 Å². The molecule has 17 heavy (non-hydrogen) atoms. The summed E-state index contributed by atoms with van der Waals surface area (Å²) in [6, 6.07) is 6.70. The van der Waals surface area contributed by atoms with Crippen molar-refractivity contribution < 1.29 is 9.66 Å². The van der Waals surface area contributed by atoms with Gasteiger partial charge in [-0.05, 0) is 18.4 Å². The third-order valence-corrected chi connectivity index (χ3v) is 2.85. The number of nitro benzene ring substituents is 1. The zero-order valence-electron chi connectivity index (χ0n) is 9.59. The van der Waals surface area contributed by atoms with Crippen LogP contribution in [0.3, 0.4) is 0 Å². The fourth-order valence-electron chi connectivity index (χ4n) is 1.96. The van der Waals surface area contributed by atoms with E-state index >= 15 is 0 Å². The van der Waals surface area contributed by atoms with E-state index in [9.17, 15) is 10.1 Å². The van der Waals surface area contributed by atoms with Crippen molar-refractivity contribution in [2.75, 3.05) is 13.2 Å². The van der Waals surface area contributed by atoms with Gasteiger partial charge in [-0.15, -0.1) is 0 Å². The minimum atomic E-state index is -0.371. The molecule has 0 aromatic heterocycles. The van der Waals surface area contributed by atoms with E-state index in [2.05, 4.69) is 5.32 Å². The largest absolute Gasteiger partial charge is 0.377 e. The average Bonchev–Trinajstić information content (AvgIpc) is 2.82. The van der Waals surface area contributed by atoms with Crippen molar-refractivity contribution in [2.24, 2.45) is 0 Å². The second-order valence-corrected chi connectivity index (χ2v) is 4.19. The summed E-state index contributed by atoms with van der Waals surface area (Å²) in [6.07, 6.45) is 2.53. The quantitative estimate of drug-likeness (QED) is 0.626. The monoisotopic (exact) mass is 236 g/mol. The Bertz CT molecular complexity index is 389. The van der Waals surface area contributed by atoms with Crippen molar-refractivity contribution in [3.63, 3.8) is 0 Å². The lowest BCUT2D eigenvalue weighted by atomic mass is 10.2. The second kappa shape index (κ2) is 5.75. The Kier molecular flexibility index (Phi) is 4.06. The third kappa shape index (κ3) is 3.51. The fourth-order valence-corrected chi connectivity index (χ4v) is 1.96. The van der Waals surface area contributed by atoms with Gasteiger partial charge >= 0.3 is 0 Å². The molecule has 1 saturated heterocycles. The molecule has 2 rings (SSSR count). The summed E-state index contributed by atoms with van der Waals surface area (Å²) in [5, 5.41) is 13.9. The van der Waals surface area contributed by atoms with E-state index in [0.29, 0.717) is 12.6 Å².